The number of carbonyl (C=O) groups is 1. The highest BCUT2D eigenvalue weighted by Crippen LogP contribution is 2.40. The Labute approximate surface area is 140 Å². The summed E-state index contributed by atoms with van der Waals surface area (Å²) in [6.45, 7) is 6.86. The van der Waals surface area contributed by atoms with Crippen molar-refractivity contribution in [3.05, 3.63) is 35.7 Å². The van der Waals surface area contributed by atoms with Gasteiger partial charge in [-0.3, -0.25) is 4.79 Å². The number of aromatic nitrogens is 3. The maximum absolute atomic E-state index is 12.4. The molecule has 0 saturated heterocycles. The van der Waals surface area contributed by atoms with Crippen molar-refractivity contribution >= 4 is 23.4 Å². The lowest BCUT2D eigenvalue weighted by atomic mass is 10.2. The molecule has 1 N–H and O–H groups in total. The molecule has 0 bridgehead atoms. The highest BCUT2D eigenvalue weighted by molar-refractivity contribution is 8.00. The Morgan fingerprint density at radius 3 is 2.65 bits per heavy atom. The average molecular weight is 330 g/mol. The van der Waals surface area contributed by atoms with Gasteiger partial charge in [-0.2, -0.15) is 0 Å². The first-order valence-electron chi connectivity index (χ1n) is 8.05. The number of hydrogen-bond donors (Lipinski definition) is 1. The number of benzene rings is 1. The summed E-state index contributed by atoms with van der Waals surface area (Å²) in [7, 11) is 0. The summed E-state index contributed by atoms with van der Waals surface area (Å²) in [4.78, 5) is 12.4. The first-order valence-corrected chi connectivity index (χ1v) is 8.93. The molecule has 0 spiro atoms. The van der Waals surface area contributed by atoms with Crippen LogP contribution in [0.1, 0.15) is 44.0 Å². The first-order chi connectivity index (χ1) is 11.1. The van der Waals surface area contributed by atoms with Gasteiger partial charge in [-0.25, -0.2) is 0 Å². The summed E-state index contributed by atoms with van der Waals surface area (Å²) in [5.41, 5.74) is 2.00. The lowest BCUT2D eigenvalue weighted by molar-refractivity contribution is -0.115. The molecule has 1 aliphatic rings. The fourth-order valence-corrected chi connectivity index (χ4v) is 3.34. The monoisotopic (exact) mass is 330 g/mol. The van der Waals surface area contributed by atoms with E-state index in [0.717, 1.165) is 23.2 Å². The molecule has 3 rings (SSSR count). The second kappa shape index (κ2) is 6.74. The van der Waals surface area contributed by atoms with E-state index in [9.17, 15) is 4.79 Å². The van der Waals surface area contributed by atoms with Crippen LogP contribution < -0.4 is 5.32 Å². The van der Waals surface area contributed by atoms with E-state index in [1.807, 2.05) is 38.1 Å². The van der Waals surface area contributed by atoms with E-state index in [0.29, 0.717) is 5.92 Å². The van der Waals surface area contributed by atoms with Crippen molar-refractivity contribution < 1.29 is 4.79 Å². The van der Waals surface area contributed by atoms with Gasteiger partial charge in [0.2, 0.25) is 5.91 Å². The lowest BCUT2D eigenvalue weighted by Crippen LogP contribution is -2.23. The van der Waals surface area contributed by atoms with Gasteiger partial charge >= 0.3 is 0 Å². The second-order valence-electron chi connectivity index (χ2n) is 5.97. The van der Waals surface area contributed by atoms with Crippen molar-refractivity contribution in [3.63, 3.8) is 0 Å². The molecule has 0 radical (unpaired) electrons. The van der Waals surface area contributed by atoms with Crippen LogP contribution in [0.2, 0.25) is 0 Å². The van der Waals surface area contributed by atoms with Crippen molar-refractivity contribution in [3.8, 4) is 0 Å². The number of carbonyl (C=O) groups excluding carboxylic acids is 1. The van der Waals surface area contributed by atoms with Crippen LogP contribution in [0.4, 0.5) is 5.69 Å². The number of hydrogen-bond acceptors (Lipinski definition) is 4. The van der Waals surface area contributed by atoms with Crippen LogP contribution in [-0.2, 0) is 11.3 Å². The molecule has 1 unspecified atom stereocenters. The number of aryl methyl sites for hydroxylation is 1. The Balaban J connectivity index is 1.65. The van der Waals surface area contributed by atoms with Crippen molar-refractivity contribution in [2.24, 2.45) is 0 Å². The molecule has 1 atom stereocenters. The maximum atomic E-state index is 12.4. The zero-order chi connectivity index (χ0) is 16.4. The lowest BCUT2D eigenvalue weighted by Gasteiger charge is -2.12. The van der Waals surface area contributed by atoms with Crippen LogP contribution in [0, 0.1) is 6.92 Å². The van der Waals surface area contributed by atoms with Gasteiger partial charge < -0.3 is 9.88 Å². The van der Waals surface area contributed by atoms with Gasteiger partial charge in [0.25, 0.3) is 0 Å². The van der Waals surface area contributed by atoms with Crippen molar-refractivity contribution in [2.45, 2.75) is 56.5 Å². The predicted molar refractivity (Wildman–Crippen MR) is 92.8 cm³/mol. The summed E-state index contributed by atoms with van der Waals surface area (Å²) < 4.78 is 2.14. The molecule has 6 heteroatoms. The molecular formula is C17H22N4OS. The molecule has 1 aromatic carbocycles. The molecular weight excluding hydrogens is 308 g/mol. The number of anilines is 1. The number of amides is 1. The Kier molecular flexibility index (Phi) is 4.71. The van der Waals surface area contributed by atoms with E-state index in [1.54, 1.807) is 0 Å². The van der Waals surface area contributed by atoms with Crippen molar-refractivity contribution in [1.82, 2.24) is 14.8 Å². The molecule has 0 aliphatic heterocycles. The van der Waals surface area contributed by atoms with E-state index in [-0.39, 0.29) is 11.2 Å². The van der Waals surface area contributed by atoms with Crippen molar-refractivity contribution in [2.75, 3.05) is 5.32 Å². The molecule has 1 amide bonds. The van der Waals surface area contributed by atoms with Crippen LogP contribution in [0.15, 0.2) is 29.4 Å². The van der Waals surface area contributed by atoms with Crippen LogP contribution in [0.25, 0.3) is 0 Å². The summed E-state index contributed by atoms with van der Waals surface area (Å²) >= 11 is 1.47. The van der Waals surface area contributed by atoms with Gasteiger partial charge in [-0.15, -0.1) is 10.2 Å². The molecule has 5 nitrogen and oxygen atoms in total. The summed E-state index contributed by atoms with van der Waals surface area (Å²) in [5.74, 6) is 1.62. The molecule has 1 aliphatic carbocycles. The van der Waals surface area contributed by atoms with Gasteiger partial charge in [-0.1, -0.05) is 29.5 Å². The molecule has 23 heavy (non-hydrogen) atoms. The molecule has 1 fully saturated rings. The summed E-state index contributed by atoms with van der Waals surface area (Å²) in [5, 5.41) is 12.2. The number of nitrogens with zero attached hydrogens (tertiary/aromatic N) is 3. The Hall–Kier alpha value is -1.82. The zero-order valence-corrected chi connectivity index (χ0v) is 14.6. The van der Waals surface area contributed by atoms with Crippen molar-refractivity contribution in [1.29, 1.82) is 0 Å². The standard InChI is InChI=1S/C17H22N4OS/c1-4-21-15(13-7-8-13)19-20-17(21)23-12(3)16(22)18-14-9-5-11(2)6-10-14/h5-6,9-10,12-13H,4,7-8H2,1-3H3,(H,18,22). The largest absolute Gasteiger partial charge is 0.325 e. The third-order valence-electron chi connectivity index (χ3n) is 3.97. The summed E-state index contributed by atoms with van der Waals surface area (Å²) in [6.07, 6.45) is 2.40. The van der Waals surface area contributed by atoms with Crippen LogP contribution >= 0.6 is 11.8 Å². The minimum absolute atomic E-state index is 0.0162. The van der Waals surface area contributed by atoms with Gasteiger partial charge in [-0.05, 0) is 45.7 Å². The Morgan fingerprint density at radius 1 is 1.35 bits per heavy atom. The molecule has 1 heterocycles. The minimum Gasteiger partial charge on any atom is -0.325 e. The van der Waals surface area contributed by atoms with E-state index in [1.165, 1.54) is 30.2 Å². The molecule has 2 aromatic rings. The zero-order valence-electron chi connectivity index (χ0n) is 13.7. The molecule has 122 valence electrons. The quantitative estimate of drug-likeness (QED) is 0.822. The Morgan fingerprint density at radius 2 is 2.04 bits per heavy atom. The highest BCUT2D eigenvalue weighted by Gasteiger charge is 2.30. The van der Waals surface area contributed by atoms with E-state index >= 15 is 0 Å². The number of nitrogens with one attached hydrogen (secondary N) is 1. The maximum Gasteiger partial charge on any atom is 0.237 e. The minimum atomic E-state index is -0.224. The SMILES string of the molecule is CCn1c(SC(C)C(=O)Nc2ccc(C)cc2)nnc1C1CC1. The fraction of sp³-hybridized carbons (Fsp3) is 0.471. The fourth-order valence-electron chi connectivity index (χ4n) is 2.42. The van der Waals surface area contributed by atoms with E-state index in [4.69, 9.17) is 0 Å². The highest BCUT2D eigenvalue weighted by atomic mass is 32.2. The molecule has 1 saturated carbocycles. The summed E-state index contributed by atoms with van der Waals surface area (Å²) in [6, 6.07) is 7.82. The van der Waals surface area contributed by atoms with Gasteiger partial charge in [0.1, 0.15) is 5.82 Å². The smallest absolute Gasteiger partial charge is 0.237 e. The normalized spacial score (nSPS) is 15.4. The van der Waals surface area contributed by atoms with E-state index in [2.05, 4.69) is 27.0 Å². The van der Waals surface area contributed by atoms with Gasteiger partial charge in [0.05, 0.1) is 5.25 Å². The van der Waals surface area contributed by atoms with Gasteiger partial charge in [0.15, 0.2) is 5.16 Å². The predicted octanol–water partition coefficient (Wildman–Crippen LogP) is 3.60. The number of rotatable bonds is 6. The topological polar surface area (TPSA) is 59.8 Å². The Bertz CT molecular complexity index is 691. The third-order valence-corrected chi connectivity index (χ3v) is 5.06. The van der Waals surface area contributed by atoms with Crippen LogP contribution in [0.3, 0.4) is 0 Å². The van der Waals surface area contributed by atoms with E-state index < -0.39 is 0 Å². The number of thioether (sulfide) groups is 1. The molecule has 1 aromatic heterocycles. The van der Waals surface area contributed by atoms with Crippen LogP contribution in [-0.4, -0.2) is 25.9 Å². The van der Waals surface area contributed by atoms with Gasteiger partial charge in [0, 0.05) is 18.2 Å². The third kappa shape index (κ3) is 3.75. The second-order valence-corrected chi connectivity index (χ2v) is 7.28. The van der Waals surface area contributed by atoms with Crippen LogP contribution in [0.5, 0.6) is 0 Å². The average Bonchev–Trinajstić information content (AvgIpc) is 3.31. The first kappa shape index (κ1) is 16.1.